The van der Waals surface area contributed by atoms with Gasteiger partial charge in [0.1, 0.15) is 59.6 Å². The standard InChI is InChI=1S/C45H58O6/c1-11-31(2)44(7,8)50-38-24-16-34(17-25-38)43(5,6)33-14-22-37(23-15-33)49-30-41(46)45(9,10)51-39-26-18-35(19-27-39)42(3,4)32-12-20-36(21-13-32)47-28-40-29-48-40/h12-27,31,40-41,46H,11,28-30H2,1-10H3. The Hall–Kier alpha value is -4.00. The minimum Gasteiger partial charge on any atom is -0.491 e. The van der Waals surface area contributed by atoms with Gasteiger partial charge >= 0.3 is 0 Å². The molecule has 1 heterocycles. The minimum absolute atomic E-state index is 0.0999. The van der Waals surface area contributed by atoms with Gasteiger partial charge in [0.15, 0.2) is 0 Å². The second-order valence-electron chi connectivity index (χ2n) is 16.2. The highest BCUT2D eigenvalue weighted by molar-refractivity contribution is 5.43. The van der Waals surface area contributed by atoms with Crippen LogP contribution in [0.5, 0.6) is 23.0 Å². The maximum Gasteiger partial charge on any atom is 0.132 e. The summed E-state index contributed by atoms with van der Waals surface area (Å²) < 4.78 is 29.7. The molecule has 3 atom stereocenters. The molecule has 1 aliphatic rings. The van der Waals surface area contributed by atoms with E-state index >= 15 is 0 Å². The second-order valence-corrected chi connectivity index (χ2v) is 16.2. The predicted octanol–water partition coefficient (Wildman–Crippen LogP) is 9.92. The zero-order valence-corrected chi connectivity index (χ0v) is 32.3. The summed E-state index contributed by atoms with van der Waals surface area (Å²) >= 11 is 0. The van der Waals surface area contributed by atoms with Crippen LogP contribution < -0.4 is 18.9 Å². The van der Waals surface area contributed by atoms with Crippen LogP contribution in [0.4, 0.5) is 0 Å². The first kappa shape index (κ1) is 38.2. The lowest BCUT2D eigenvalue weighted by Gasteiger charge is -2.33. The number of benzene rings is 4. The smallest absolute Gasteiger partial charge is 0.132 e. The first-order valence-electron chi connectivity index (χ1n) is 18.4. The van der Waals surface area contributed by atoms with Gasteiger partial charge in [-0.1, -0.05) is 90.1 Å². The lowest BCUT2D eigenvalue weighted by atomic mass is 9.78. The Bertz CT molecular complexity index is 1680. The van der Waals surface area contributed by atoms with Gasteiger partial charge < -0.3 is 28.8 Å². The van der Waals surface area contributed by atoms with E-state index in [1.165, 1.54) is 16.7 Å². The molecule has 1 N–H and O–H groups in total. The van der Waals surface area contributed by atoms with Crippen molar-refractivity contribution in [2.45, 2.75) is 110 Å². The average Bonchev–Trinajstić information content (AvgIpc) is 3.94. The van der Waals surface area contributed by atoms with Crippen molar-refractivity contribution < 1.29 is 28.8 Å². The highest BCUT2D eigenvalue weighted by atomic mass is 16.6. The van der Waals surface area contributed by atoms with Gasteiger partial charge in [0.2, 0.25) is 0 Å². The molecule has 0 aromatic heterocycles. The molecular weight excluding hydrogens is 636 g/mol. The molecule has 6 nitrogen and oxygen atoms in total. The molecule has 3 unspecified atom stereocenters. The molecule has 1 fully saturated rings. The van der Waals surface area contributed by atoms with E-state index in [0.29, 0.717) is 24.0 Å². The summed E-state index contributed by atoms with van der Waals surface area (Å²) in [6.45, 7) is 22.8. The van der Waals surface area contributed by atoms with Crippen molar-refractivity contribution in [3.63, 3.8) is 0 Å². The molecule has 0 saturated carbocycles. The predicted molar refractivity (Wildman–Crippen MR) is 206 cm³/mol. The number of aliphatic hydroxyl groups excluding tert-OH is 1. The first-order chi connectivity index (χ1) is 24.0. The normalized spacial score (nSPS) is 16.3. The van der Waals surface area contributed by atoms with Crippen LogP contribution in [0, 0.1) is 5.92 Å². The fourth-order valence-corrected chi connectivity index (χ4v) is 6.15. The molecule has 4 aromatic rings. The molecule has 6 heteroatoms. The Labute approximate surface area is 306 Å². The van der Waals surface area contributed by atoms with Crippen LogP contribution in [-0.2, 0) is 15.6 Å². The molecule has 0 amide bonds. The maximum atomic E-state index is 11.1. The highest BCUT2D eigenvalue weighted by Gasteiger charge is 2.32. The average molecular weight is 695 g/mol. The molecule has 0 aliphatic carbocycles. The third-order valence-electron chi connectivity index (χ3n) is 10.9. The molecule has 4 aromatic carbocycles. The quantitative estimate of drug-likeness (QED) is 0.111. The molecule has 0 spiro atoms. The summed E-state index contributed by atoms with van der Waals surface area (Å²) in [5, 5.41) is 11.1. The van der Waals surface area contributed by atoms with E-state index in [1.54, 1.807) is 0 Å². The van der Waals surface area contributed by atoms with Crippen LogP contribution in [0.1, 0.15) is 97.9 Å². The summed E-state index contributed by atoms with van der Waals surface area (Å²) in [5.74, 6) is 3.58. The Kier molecular flexibility index (Phi) is 11.5. The summed E-state index contributed by atoms with van der Waals surface area (Å²) in [4.78, 5) is 0. The van der Waals surface area contributed by atoms with Gasteiger partial charge in [-0.3, -0.25) is 0 Å². The van der Waals surface area contributed by atoms with Crippen molar-refractivity contribution >= 4 is 0 Å². The van der Waals surface area contributed by atoms with E-state index in [1.807, 2.05) is 50.2 Å². The summed E-state index contributed by atoms with van der Waals surface area (Å²) in [6, 6.07) is 32.9. The Balaban J connectivity index is 1.13. The number of epoxide rings is 1. The molecule has 274 valence electrons. The van der Waals surface area contributed by atoms with Gasteiger partial charge in [-0.25, -0.2) is 0 Å². The van der Waals surface area contributed by atoms with Gasteiger partial charge in [0.05, 0.1) is 6.61 Å². The zero-order chi connectivity index (χ0) is 37.0. The van der Waals surface area contributed by atoms with Crippen molar-refractivity contribution in [3.05, 3.63) is 119 Å². The lowest BCUT2D eigenvalue weighted by Crippen LogP contribution is -2.45. The fraction of sp³-hybridized carbons (Fsp3) is 0.467. The number of hydrogen-bond donors (Lipinski definition) is 1. The fourth-order valence-electron chi connectivity index (χ4n) is 6.15. The van der Waals surface area contributed by atoms with Crippen LogP contribution in [0.25, 0.3) is 0 Å². The van der Waals surface area contributed by atoms with E-state index in [-0.39, 0.29) is 29.1 Å². The second kappa shape index (κ2) is 15.3. The third-order valence-corrected chi connectivity index (χ3v) is 10.9. The molecular formula is C45H58O6. The summed E-state index contributed by atoms with van der Waals surface area (Å²) in [7, 11) is 0. The maximum absolute atomic E-state index is 11.1. The third kappa shape index (κ3) is 9.46. The molecule has 5 rings (SSSR count). The first-order valence-corrected chi connectivity index (χ1v) is 18.4. The number of ether oxygens (including phenoxy) is 5. The molecule has 1 saturated heterocycles. The zero-order valence-electron chi connectivity index (χ0n) is 32.3. The number of hydrogen-bond acceptors (Lipinski definition) is 6. The summed E-state index contributed by atoms with van der Waals surface area (Å²) in [5.41, 5.74) is 3.20. The topological polar surface area (TPSA) is 69.7 Å². The molecule has 0 radical (unpaired) electrons. The molecule has 51 heavy (non-hydrogen) atoms. The highest BCUT2D eigenvalue weighted by Crippen LogP contribution is 2.36. The van der Waals surface area contributed by atoms with Crippen molar-refractivity contribution in [1.82, 2.24) is 0 Å². The van der Waals surface area contributed by atoms with Crippen molar-refractivity contribution in [2.24, 2.45) is 5.92 Å². The SMILES string of the molecule is CCC(C)C(C)(C)Oc1ccc(C(C)(C)c2ccc(OCC(O)C(C)(C)Oc3ccc(C(C)(C)c4ccc(OCC5CO5)cc4)cc3)cc2)cc1. The molecule has 1 aliphatic heterocycles. The van der Waals surface area contributed by atoms with Gasteiger partial charge in [-0.2, -0.15) is 0 Å². The minimum atomic E-state index is -0.875. The Morgan fingerprint density at radius 1 is 0.588 bits per heavy atom. The number of rotatable bonds is 17. The Morgan fingerprint density at radius 3 is 1.31 bits per heavy atom. The van der Waals surface area contributed by atoms with Crippen LogP contribution in [0.15, 0.2) is 97.1 Å². The van der Waals surface area contributed by atoms with Crippen molar-refractivity contribution in [3.8, 4) is 23.0 Å². The Morgan fingerprint density at radius 2 is 0.941 bits per heavy atom. The van der Waals surface area contributed by atoms with E-state index in [4.69, 9.17) is 23.7 Å². The van der Waals surface area contributed by atoms with Crippen LogP contribution in [0.2, 0.25) is 0 Å². The largest absolute Gasteiger partial charge is 0.491 e. The lowest BCUT2D eigenvalue weighted by molar-refractivity contribution is -0.0492. The van der Waals surface area contributed by atoms with Gasteiger partial charge in [0.25, 0.3) is 0 Å². The van der Waals surface area contributed by atoms with Gasteiger partial charge in [0, 0.05) is 10.8 Å². The molecule has 0 bridgehead atoms. The van der Waals surface area contributed by atoms with E-state index < -0.39 is 11.7 Å². The van der Waals surface area contributed by atoms with Crippen molar-refractivity contribution in [1.29, 1.82) is 0 Å². The van der Waals surface area contributed by atoms with E-state index in [9.17, 15) is 5.11 Å². The van der Waals surface area contributed by atoms with Crippen molar-refractivity contribution in [2.75, 3.05) is 19.8 Å². The van der Waals surface area contributed by atoms with Crippen LogP contribution >= 0.6 is 0 Å². The van der Waals surface area contributed by atoms with Gasteiger partial charge in [-0.15, -0.1) is 0 Å². The van der Waals surface area contributed by atoms with E-state index in [0.717, 1.165) is 30.1 Å². The van der Waals surface area contributed by atoms with Crippen LogP contribution in [0.3, 0.4) is 0 Å². The van der Waals surface area contributed by atoms with E-state index in [2.05, 4.69) is 116 Å². The van der Waals surface area contributed by atoms with Crippen LogP contribution in [-0.4, -0.2) is 48.3 Å². The number of aliphatic hydroxyl groups is 1. The monoisotopic (exact) mass is 694 g/mol. The van der Waals surface area contributed by atoms with Gasteiger partial charge in [-0.05, 0) is 111 Å². The summed E-state index contributed by atoms with van der Waals surface area (Å²) in [6.07, 6.45) is 0.449.